The van der Waals surface area contributed by atoms with Crippen molar-refractivity contribution >= 4 is 17.6 Å². The predicted molar refractivity (Wildman–Crippen MR) is 81.6 cm³/mol. The zero-order valence-corrected chi connectivity index (χ0v) is 12.7. The van der Waals surface area contributed by atoms with Crippen LogP contribution in [0.25, 0.3) is 0 Å². The van der Waals surface area contributed by atoms with Gasteiger partial charge in [0.25, 0.3) is 5.91 Å². The van der Waals surface area contributed by atoms with E-state index in [1.54, 1.807) is 18.2 Å². The Morgan fingerprint density at radius 1 is 1.04 bits per heavy atom. The Balaban J connectivity index is 2.30. The highest BCUT2D eigenvalue weighted by Gasteiger charge is 2.34. The Morgan fingerprint density at radius 2 is 1.67 bits per heavy atom. The maximum atomic E-state index is 13.0. The third-order valence-electron chi connectivity index (χ3n) is 3.31. The van der Waals surface area contributed by atoms with E-state index >= 15 is 0 Å². The molecule has 2 aromatic rings. The van der Waals surface area contributed by atoms with Crippen LogP contribution in [0, 0.1) is 0 Å². The van der Waals surface area contributed by atoms with Gasteiger partial charge in [0.05, 0.1) is 24.7 Å². The number of esters is 1. The first kappa shape index (κ1) is 17.5. The van der Waals surface area contributed by atoms with Crippen molar-refractivity contribution < 1.29 is 27.5 Å². The number of anilines is 1. The summed E-state index contributed by atoms with van der Waals surface area (Å²) in [5.41, 5.74) is -0.808. The van der Waals surface area contributed by atoms with Crippen LogP contribution in [-0.2, 0) is 22.1 Å². The summed E-state index contributed by atoms with van der Waals surface area (Å²) in [5.74, 6) is -1.42. The monoisotopic (exact) mass is 337 g/mol. The highest BCUT2D eigenvalue weighted by molar-refractivity contribution is 6.06. The van der Waals surface area contributed by atoms with Gasteiger partial charge in [0.15, 0.2) is 0 Å². The molecule has 0 saturated carbocycles. The molecule has 0 aromatic heterocycles. The molecule has 1 N–H and O–H groups in total. The van der Waals surface area contributed by atoms with Crippen molar-refractivity contribution in [2.24, 2.45) is 0 Å². The van der Waals surface area contributed by atoms with Gasteiger partial charge in [-0.05, 0) is 23.8 Å². The Morgan fingerprint density at radius 3 is 2.33 bits per heavy atom. The van der Waals surface area contributed by atoms with Crippen molar-refractivity contribution in [1.82, 2.24) is 0 Å². The van der Waals surface area contributed by atoms with Crippen LogP contribution < -0.4 is 5.32 Å². The summed E-state index contributed by atoms with van der Waals surface area (Å²) in [7, 11) is 1.23. The first-order valence-corrected chi connectivity index (χ1v) is 6.95. The molecule has 126 valence electrons. The number of rotatable bonds is 4. The summed E-state index contributed by atoms with van der Waals surface area (Å²) in [5, 5.41) is 2.42. The average Bonchev–Trinajstić information content (AvgIpc) is 2.55. The molecule has 0 fully saturated rings. The molecule has 24 heavy (non-hydrogen) atoms. The van der Waals surface area contributed by atoms with Crippen molar-refractivity contribution in [3.63, 3.8) is 0 Å². The lowest BCUT2D eigenvalue weighted by molar-refractivity contribution is -0.140. The lowest BCUT2D eigenvalue weighted by atomic mass is 10.1. The predicted octanol–water partition coefficient (Wildman–Crippen LogP) is 3.67. The number of ether oxygens (including phenoxy) is 1. The molecule has 0 spiro atoms. The smallest absolute Gasteiger partial charge is 0.417 e. The fourth-order valence-electron chi connectivity index (χ4n) is 2.14. The average molecular weight is 337 g/mol. The van der Waals surface area contributed by atoms with Gasteiger partial charge in [-0.3, -0.25) is 9.59 Å². The summed E-state index contributed by atoms with van der Waals surface area (Å²) in [6, 6.07) is 10.9. The molecule has 0 saturated heterocycles. The molecule has 1 amide bonds. The minimum Gasteiger partial charge on any atom is -0.469 e. The zero-order valence-electron chi connectivity index (χ0n) is 12.7. The van der Waals surface area contributed by atoms with Crippen LogP contribution in [0.4, 0.5) is 18.9 Å². The number of benzene rings is 2. The van der Waals surface area contributed by atoms with Crippen LogP contribution >= 0.6 is 0 Å². The quantitative estimate of drug-likeness (QED) is 0.866. The molecular formula is C17H14F3NO3. The number of hydrogen-bond acceptors (Lipinski definition) is 3. The Hall–Kier alpha value is -2.83. The van der Waals surface area contributed by atoms with Crippen LogP contribution in [0.2, 0.25) is 0 Å². The number of para-hydroxylation sites is 1. The molecule has 2 rings (SSSR count). The van der Waals surface area contributed by atoms with E-state index in [0.29, 0.717) is 5.56 Å². The SMILES string of the molecule is COC(=O)Cc1ccccc1NC(=O)c1ccccc1C(F)(F)F. The van der Waals surface area contributed by atoms with Crippen LogP contribution in [0.1, 0.15) is 21.5 Å². The van der Waals surface area contributed by atoms with E-state index in [4.69, 9.17) is 0 Å². The molecule has 7 heteroatoms. The molecule has 2 aromatic carbocycles. The number of carbonyl (C=O) groups excluding carboxylic acids is 2. The van der Waals surface area contributed by atoms with Crippen molar-refractivity contribution in [1.29, 1.82) is 0 Å². The summed E-state index contributed by atoms with van der Waals surface area (Å²) >= 11 is 0. The van der Waals surface area contributed by atoms with E-state index in [1.165, 1.54) is 25.3 Å². The number of amides is 1. The van der Waals surface area contributed by atoms with Gasteiger partial charge in [-0.15, -0.1) is 0 Å². The van der Waals surface area contributed by atoms with E-state index in [0.717, 1.165) is 12.1 Å². The van der Waals surface area contributed by atoms with Crippen molar-refractivity contribution in [2.45, 2.75) is 12.6 Å². The zero-order chi connectivity index (χ0) is 17.7. The maximum Gasteiger partial charge on any atom is 0.417 e. The van der Waals surface area contributed by atoms with Gasteiger partial charge in [-0.2, -0.15) is 13.2 Å². The highest BCUT2D eigenvalue weighted by Crippen LogP contribution is 2.32. The molecule has 4 nitrogen and oxygen atoms in total. The van der Waals surface area contributed by atoms with Crippen molar-refractivity contribution in [3.05, 3.63) is 65.2 Å². The van der Waals surface area contributed by atoms with E-state index in [-0.39, 0.29) is 12.1 Å². The maximum absolute atomic E-state index is 13.0. The Bertz CT molecular complexity index is 757. The highest BCUT2D eigenvalue weighted by atomic mass is 19.4. The molecule has 0 aliphatic heterocycles. The fraction of sp³-hybridized carbons (Fsp3) is 0.176. The normalized spacial score (nSPS) is 11.0. The second-order valence-corrected chi connectivity index (χ2v) is 4.91. The Kier molecular flexibility index (Phi) is 5.23. The van der Waals surface area contributed by atoms with Crippen LogP contribution in [-0.4, -0.2) is 19.0 Å². The van der Waals surface area contributed by atoms with Gasteiger partial charge in [-0.1, -0.05) is 30.3 Å². The van der Waals surface area contributed by atoms with Gasteiger partial charge < -0.3 is 10.1 Å². The number of halogens is 3. The molecule has 0 aliphatic carbocycles. The minimum absolute atomic E-state index is 0.103. The van der Waals surface area contributed by atoms with Crippen molar-refractivity contribution in [3.8, 4) is 0 Å². The summed E-state index contributed by atoms with van der Waals surface area (Å²) in [4.78, 5) is 23.7. The van der Waals surface area contributed by atoms with Gasteiger partial charge in [0.1, 0.15) is 0 Å². The fourth-order valence-corrected chi connectivity index (χ4v) is 2.14. The summed E-state index contributed by atoms with van der Waals surface area (Å²) in [6.07, 6.45) is -4.74. The van der Waals surface area contributed by atoms with Gasteiger partial charge in [0, 0.05) is 5.69 Å². The van der Waals surface area contributed by atoms with Crippen LogP contribution in [0.5, 0.6) is 0 Å². The number of hydrogen-bond donors (Lipinski definition) is 1. The Labute approximate surface area is 136 Å². The van der Waals surface area contributed by atoms with Crippen LogP contribution in [0.3, 0.4) is 0 Å². The van der Waals surface area contributed by atoms with E-state index < -0.39 is 29.2 Å². The van der Waals surface area contributed by atoms with Crippen molar-refractivity contribution in [2.75, 3.05) is 12.4 Å². The second-order valence-electron chi connectivity index (χ2n) is 4.91. The first-order valence-electron chi connectivity index (χ1n) is 6.95. The van der Waals surface area contributed by atoms with Gasteiger partial charge >= 0.3 is 12.1 Å². The largest absolute Gasteiger partial charge is 0.469 e. The second kappa shape index (κ2) is 7.16. The molecular weight excluding hydrogens is 323 g/mol. The summed E-state index contributed by atoms with van der Waals surface area (Å²) in [6.45, 7) is 0. The third-order valence-corrected chi connectivity index (χ3v) is 3.31. The number of methoxy groups -OCH3 is 1. The molecule has 0 heterocycles. The molecule has 0 aliphatic rings. The van der Waals surface area contributed by atoms with E-state index in [9.17, 15) is 22.8 Å². The number of carbonyl (C=O) groups is 2. The summed E-state index contributed by atoms with van der Waals surface area (Å²) < 4.78 is 43.6. The number of alkyl halides is 3. The van der Waals surface area contributed by atoms with Crippen LogP contribution in [0.15, 0.2) is 48.5 Å². The lowest BCUT2D eigenvalue weighted by Gasteiger charge is -2.14. The molecule has 0 radical (unpaired) electrons. The number of nitrogens with one attached hydrogen (secondary N) is 1. The minimum atomic E-state index is -4.64. The lowest BCUT2D eigenvalue weighted by Crippen LogP contribution is -2.19. The van der Waals surface area contributed by atoms with Gasteiger partial charge in [0.2, 0.25) is 0 Å². The first-order chi connectivity index (χ1) is 11.3. The van der Waals surface area contributed by atoms with Gasteiger partial charge in [-0.25, -0.2) is 0 Å². The molecule has 0 atom stereocenters. The van der Waals surface area contributed by atoms with E-state index in [1.807, 2.05) is 0 Å². The molecule has 0 unspecified atom stereocenters. The standard InChI is InChI=1S/C17H14F3NO3/c1-24-15(22)10-11-6-2-5-9-14(11)21-16(23)12-7-3-4-8-13(12)17(18,19)20/h2-9H,10H2,1H3,(H,21,23). The topological polar surface area (TPSA) is 55.4 Å². The third kappa shape index (κ3) is 4.13. The molecule has 0 bridgehead atoms. The van der Waals surface area contributed by atoms with E-state index in [2.05, 4.69) is 10.1 Å².